The highest BCUT2D eigenvalue weighted by Crippen LogP contribution is 2.45. The normalized spacial score (nSPS) is 20.7. The minimum atomic E-state index is -0.255. The van der Waals surface area contributed by atoms with E-state index in [0.717, 1.165) is 34.7 Å². The summed E-state index contributed by atoms with van der Waals surface area (Å²) in [4.78, 5) is 27.9. The van der Waals surface area contributed by atoms with Crippen LogP contribution >= 0.6 is 0 Å². The number of nitrogens with zero attached hydrogens (tertiary/aromatic N) is 1. The van der Waals surface area contributed by atoms with Crippen molar-refractivity contribution in [2.24, 2.45) is 0 Å². The van der Waals surface area contributed by atoms with E-state index in [0.29, 0.717) is 24.3 Å². The monoisotopic (exact) mass is 391 g/mol. The maximum absolute atomic E-state index is 13.2. The molecule has 0 spiro atoms. The third kappa shape index (κ3) is 2.95. The van der Waals surface area contributed by atoms with Crippen molar-refractivity contribution in [3.8, 4) is 17.2 Å². The van der Waals surface area contributed by atoms with Crippen LogP contribution in [-0.4, -0.2) is 25.6 Å². The Kier molecular flexibility index (Phi) is 4.27. The molecule has 0 N–H and O–H groups in total. The number of carbonyl (C=O) groups is 2. The van der Waals surface area contributed by atoms with Gasteiger partial charge in [-0.3, -0.25) is 14.5 Å². The molecule has 0 radical (unpaired) electrons. The number of allylic oxidation sites excluding steroid dienone is 2. The molecule has 0 saturated heterocycles. The molecule has 6 nitrogen and oxygen atoms in total. The summed E-state index contributed by atoms with van der Waals surface area (Å²) < 4.78 is 16.1. The second-order valence-electron chi connectivity index (χ2n) is 7.43. The number of methoxy groups -OCH3 is 1. The molecular weight excluding hydrogens is 370 g/mol. The molecule has 2 aromatic rings. The number of amides is 1. The van der Waals surface area contributed by atoms with Gasteiger partial charge < -0.3 is 14.2 Å². The Hall–Kier alpha value is -3.28. The summed E-state index contributed by atoms with van der Waals surface area (Å²) in [5, 5.41) is 0. The first kappa shape index (κ1) is 17.8. The number of benzene rings is 2. The van der Waals surface area contributed by atoms with Gasteiger partial charge in [-0.2, -0.15) is 0 Å². The molecule has 6 heteroatoms. The average molecular weight is 391 g/mol. The Morgan fingerprint density at radius 1 is 1.00 bits per heavy atom. The van der Waals surface area contributed by atoms with E-state index >= 15 is 0 Å². The number of hydrogen-bond acceptors (Lipinski definition) is 5. The predicted octanol–water partition coefficient (Wildman–Crippen LogP) is 3.95. The molecule has 1 amide bonds. The van der Waals surface area contributed by atoms with E-state index in [1.54, 1.807) is 12.0 Å². The van der Waals surface area contributed by atoms with Crippen molar-refractivity contribution in [2.45, 2.75) is 31.6 Å². The van der Waals surface area contributed by atoms with Gasteiger partial charge in [0.25, 0.3) is 0 Å². The molecule has 29 heavy (non-hydrogen) atoms. The Labute approximate surface area is 168 Å². The Morgan fingerprint density at radius 3 is 2.59 bits per heavy atom. The number of rotatable bonds is 3. The zero-order valence-corrected chi connectivity index (χ0v) is 16.1. The van der Waals surface area contributed by atoms with Crippen LogP contribution in [0, 0.1) is 0 Å². The van der Waals surface area contributed by atoms with E-state index in [1.165, 1.54) is 0 Å². The van der Waals surface area contributed by atoms with Crippen molar-refractivity contribution in [1.82, 2.24) is 0 Å². The average Bonchev–Trinajstić information content (AvgIpc) is 3.21. The lowest BCUT2D eigenvalue weighted by Gasteiger charge is -2.38. The van der Waals surface area contributed by atoms with Crippen molar-refractivity contribution >= 4 is 17.4 Å². The van der Waals surface area contributed by atoms with Crippen LogP contribution in [0.2, 0.25) is 0 Å². The summed E-state index contributed by atoms with van der Waals surface area (Å²) in [6, 6.07) is 13.1. The first-order valence-corrected chi connectivity index (χ1v) is 9.78. The summed E-state index contributed by atoms with van der Waals surface area (Å²) in [7, 11) is 1.61. The fourth-order valence-electron chi connectivity index (χ4n) is 4.44. The van der Waals surface area contributed by atoms with Crippen LogP contribution in [0.3, 0.4) is 0 Å². The summed E-state index contributed by atoms with van der Waals surface area (Å²) in [6.45, 7) is 0.195. The van der Waals surface area contributed by atoms with Gasteiger partial charge in [0.1, 0.15) is 5.75 Å². The molecular formula is C23H21NO5. The van der Waals surface area contributed by atoms with E-state index < -0.39 is 0 Å². The van der Waals surface area contributed by atoms with E-state index in [-0.39, 0.29) is 30.8 Å². The van der Waals surface area contributed by atoms with Crippen molar-refractivity contribution in [1.29, 1.82) is 0 Å². The molecule has 2 aromatic carbocycles. The number of ketones is 1. The Balaban J connectivity index is 1.60. The van der Waals surface area contributed by atoms with Crippen LogP contribution in [0.1, 0.15) is 37.2 Å². The van der Waals surface area contributed by atoms with Gasteiger partial charge in [-0.05, 0) is 54.8 Å². The highest BCUT2D eigenvalue weighted by atomic mass is 16.7. The first-order valence-electron chi connectivity index (χ1n) is 9.78. The van der Waals surface area contributed by atoms with Crippen molar-refractivity contribution in [2.75, 3.05) is 18.8 Å². The van der Waals surface area contributed by atoms with E-state index in [1.807, 2.05) is 42.5 Å². The van der Waals surface area contributed by atoms with Gasteiger partial charge in [0.05, 0.1) is 7.11 Å². The zero-order chi connectivity index (χ0) is 20.0. The molecule has 2 heterocycles. The Bertz CT molecular complexity index is 1020. The lowest BCUT2D eigenvalue weighted by Crippen LogP contribution is -2.40. The number of ether oxygens (including phenoxy) is 3. The number of carbonyl (C=O) groups excluding carboxylic acids is 2. The van der Waals surface area contributed by atoms with Gasteiger partial charge in [0.15, 0.2) is 17.3 Å². The maximum Gasteiger partial charge on any atom is 0.232 e. The molecule has 1 aliphatic carbocycles. The SMILES string of the molecule is COc1ccc(N2C(=O)CC(c3ccc4c(c3)OCO4)C3=C2CCCC3=O)cc1. The molecule has 0 bridgehead atoms. The largest absolute Gasteiger partial charge is 0.497 e. The van der Waals surface area contributed by atoms with Gasteiger partial charge in [0, 0.05) is 35.7 Å². The van der Waals surface area contributed by atoms with E-state index in [4.69, 9.17) is 14.2 Å². The van der Waals surface area contributed by atoms with E-state index in [9.17, 15) is 9.59 Å². The molecule has 0 saturated carbocycles. The van der Waals surface area contributed by atoms with Crippen molar-refractivity contribution in [3.63, 3.8) is 0 Å². The fourth-order valence-corrected chi connectivity index (χ4v) is 4.44. The number of Topliss-reactive ketones (excluding diaryl/α,β-unsaturated/α-hetero) is 1. The number of hydrogen-bond donors (Lipinski definition) is 0. The molecule has 0 aromatic heterocycles. The van der Waals surface area contributed by atoms with E-state index in [2.05, 4.69) is 0 Å². The molecule has 1 atom stereocenters. The minimum absolute atomic E-state index is 0.00807. The van der Waals surface area contributed by atoms with Gasteiger partial charge >= 0.3 is 0 Å². The molecule has 148 valence electrons. The fraction of sp³-hybridized carbons (Fsp3) is 0.304. The van der Waals surface area contributed by atoms with Crippen LogP contribution in [0.25, 0.3) is 0 Å². The zero-order valence-electron chi connectivity index (χ0n) is 16.1. The van der Waals surface area contributed by atoms with Crippen LogP contribution in [0.5, 0.6) is 17.2 Å². The van der Waals surface area contributed by atoms with Gasteiger partial charge in [0.2, 0.25) is 12.7 Å². The van der Waals surface area contributed by atoms with Crippen molar-refractivity contribution in [3.05, 3.63) is 59.3 Å². The van der Waals surface area contributed by atoms with Gasteiger partial charge in [-0.25, -0.2) is 0 Å². The smallest absolute Gasteiger partial charge is 0.232 e. The van der Waals surface area contributed by atoms with Crippen LogP contribution in [0.4, 0.5) is 5.69 Å². The van der Waals surface area contributed by atoms with Gasteiger partial charge in [-0.15, -0.1) is 0 Å². The third-order valence-electron chi connectivity index (χ3n) is 5.80. The standard InChI is InChI=1S/C23H21NO5/c1-27-16-8-6-15(7-9-16)24-18-3-2-4-19(25)23(18)17(12-22(24)26)14-5-10-20-21(11-14)29-13-28-20/h5-11,17H,2-4,12-13H2,1H3. The third-order valence-corrected chi connectivity index (χ3v) is 5.80. The molecule has 3 aliphatic rings. The number of anilines is 1. The summed E-state index contributed by atoms with van der Waals surface area (Å²) in [5.74, 6) is 1.95. The highest BCUT2D eigenvalue weighted by molar-refractivity contribution is 6.07. The maximum atomic E-state index is 13.2. The topological polar surface area (TPSA) is 65.1 Å². The molecule has 1 unspecified atom stereocenters. The lowest BCUT2D eigenvalue weighted by atomic mass is 9.77. The summed E-state index contributed by atoms with van der Waals surface area (Å²) >= 11 is 0. The lowest BCUT2D eigenvalue weighted by molar-refractivity contribution is -0.119. The molecule has 2 aliphatic heterocycles. The first-order chi connectivity index (χ1) is 14.2. The van der Waals surface area contributed by atoms with Gasteiger partial charge in [-0.1, -0.05) is 6.07 Å². The second kappa shape index (κ2) is 6.95. The molecule has 5 rings (SSSR count). The quantitative estimate of drug-likeness (QED) is 0.793. The summed E-state index contributed by atoms with van der Waals surface area (Å²) in [5.41, 5.74) is 3.26. The van der Waals surface area contributed by atoms with Crippen LogP contribution in [0.15, 0.2) is 53.7 Å². The highest BCUT2D eigenvalue weighted by Gasteiger charge is 2.40. The summed E-state index contributed by atoms with van der Waals surface area (Å²) in [6.07, 6.45) is 2.23. The second-order valence-corrected chi connectivity index (χ2v) is 7.43. The predicted molar refractivity (Wildman–Crippen MR) is 106 cm³/mol. The van der Waals surface area contributed by atoms with Crippen LogP contribution in [-0.2, 0) is 9.59 Å². The van der Waals surface area contributed by atoms with Crippen LogP contribution < -0.4 is 19.1 Å². The Morgan fingerprint density at radius 2 is 1.79 bits per heavy atom. The minimum Gasteiger partial charge on any atom is -0.497 e. The van der Waals surface area contributed by atoms with Crippen molar-refractivity contribution < 1.29 is 23.8 Å². The number of fused-ring (bicyclic) bond motifs is 1. The molecule has 0 fully saturated rings.